The Kier molecular flexibility index (Phi) is 7.05. The number of hydrogen-bond donors (Lipinski definition) is 1. The molecule has 2 aromatic rings. The van der Waals surface area contributed by atoms with Crippen molar-refractivity contribution in [3.05, 3.63) is 40.8 Å². The van der Waals surface area contributed by atoms with Crippen LogP contribution in [0.2, 0.25) is 5.02 Å². The van der Waals surface area contributed by atoms with E-state index in [1.165, 1.54) is 12.1 Å². The first kappa shape index (κ1) is 23.7. The quantitative estimate of drug-likeness (QED) is 0.581. The summed E-state index contributed by atoms with van der Waals surface area (Å²) >= 11 is 5.60. The lowest BCUT2D eigenvalue weighted by molar-refractivity contribution is -0.352. The van der Waals surface area contributed by atoms with Crippen LogP contribution in [0.5, 0.6) is 5.75 Å². The number of carbonyl (C=O) groups excluding carboxylic acids is 1. The van der Waals surface area contributed by atoms with Gasteiger partial charge in [-0.15, -0.1) is 13.2 Å². The molecule has 1 aromatic heterocycles. The first-order chi connectivity index (χ1) is 15.7. The van der Waals surface area contributed by atoms with Gasteiger partial charge in [0, 0.05) is 12.0 Å². The summed E-state index contributed by atoms with van der Waals surface area (Å²) in [4.78, 5) is 16.3. The molecular formula is C20H20ClF4N3O5. The van der Waals surface area contributed by atoms with Crippen LogP contribution in [0.4, 0.5) is 17.6 Å². The SMILES string of the molecule is O=C(COc1ccc(Cl)c(F)c1)N[C@H]1CC[C@H](c2nc([C@H]3C[C@@H](OC(F)(F)F)C3)no2)OC1. The maximum Gasteiger partial charge on any atom is 0.522 e. The van der Waals surface area contributed by atoms with Crippen LogP contribution in [-0.4, -0.2) is 47.8 Å². The number of hydrogen-bond acceptors (Lipinski definition) is 7. The van der Waals surface area contributed by atoms with Crippen LogP contribution < -0.4 is 10.1 Å². The number of nitrogens with one attached hydrogen (secondary N) is 1. The summed E-state index contributed by atoms with van der Waals surface area (Å²) in [5.41, 5.74) is 0. The Labute approximate surface area is 190 Å². The number of nitrogens with zero attached hydrogens (tertiary/aromatic N) is 2. The Balaban J connectivity index is 1.18. The number of amides is 1. The molecule has 1 saturated carbocycles. The molecule has 13 heteroatoms. The van der Waals surface area contributed by atoms with E-state index >= 15 is 0 Å². The third-order valence-electron chi connectivity index (χ3n) is 5.40. The molecule has 2 atom stereocenters. The summed E-state index contributed by atoms with van der Waals surface area (Å²) in [5, 5.41) is 6.58. The van der Waals surface area contributed by atoms with E-state index in [2.05, 4.69) is 20.2 Å². The summed E-state index contributed by atoms with van der Waals surface area (Å²) in [7, 11) is 0. The van der Waals surface area contributed by atoms with Crippen LogP contribution in [0.3, 0.4) is 0 Å². The zero-order chi connectivity index (χ0) is 23.6. The summed E-state index contributed by atoms with van der Waals surface area (Å²) < 4.78 is 70.2. The molecule has 1 aliphatic heterocycles. The summed E-state index contributed by atoms with van der Waals surface area (Å²) in [6.45, 7) is -0.0942. The van der Waals surface area contributed by atoms with Crippen molar-refractivity contribution in [2.45, 2.75) is 56.2 Å². The van der Waals surface area contributed by atoms with Gasteiger partial charge < -0.3 is 19.3 Å². The van der Waals surface area contributed by atoms with Crippen molar-refractivity contribution in [2.24, 2.45) is 0 Å². The molecule has 1 aromatic carbocycles. The lowest BCUT2D eigenvalue weighted by atomic mass is 9.82. The largest absolute Gasteiger partial charge is 0.522 e. The highest BCUT2D eigenvalue weighted by Crippen LogP contribution is 2.40. The maximum atomic E-state index is 13.4. The zero-order valence-electron chi connectivity index (χ0n) is 17.1. The van der Waals surface area contributed by atoms with Gasteiger partial charge in [-0.2, -0.15) is 4.98 Å². The third kappa shape index (κ3) is 6.33. The van der Waals surface area contributed by atoms with Crippen LogP contribution in [-0.2, 0) is 14.3 Å². The van der Waals surface area contributed by atoms with Crippen LogP contribution >= 0.6 is 11.6 Å². The van der Waals surface area contributed by atoms with Crippen molar-refractivity contribution in [3.8, 4) is 5.75 Å². The first-order valence-electron chi connectivity index (χ1n) is 10.2. The molecule has 4 rings (SSSR count). The molecule has 8 nitrogen and oxygen atoms in total. The Bertz CT molecular complexity index is 975. The fourth-order valence-corrected chi connectivity index (χ4v) is 3.77. The van der Waals surface area contributed by atoms with E-state index < -0.39 is 30.3 Å². The van der Waals surface area contributed by atoms with Crippen molar-refractivity contribution < 1.29 is 41.1 Å². The van der Waals surface area contributed by atoms with Crippen molar-refractivity contribution in [2.75, 3.05) is 13.2 Å². The smallest absolute Gasteiger partial charge is 0.484 e. The molecule has 180 valence electrons. The molecule has 0 spiro atoms. The normalized spacial score (nSPS) is 25.4. The predicted molar refractivity (Wildman–Crippen MR) is 104 cm³/mol. The van der Waals surface area contributed by atoms with Crippen LogP contribution in [0.1, 0.15) is 49.4 Å². The van der Waals surface area contributed by atoms with E-state index in [0.29, 0.717) is 18.7 Å². The molecule has 2 aliphatic rings. The lowest BCUT2D eigenvalue weighted by Crippen LogP contribution is -2.43. The highest BCUT2D eigenvalue weighted by molar-refractivity contribution is 6.30. The van der Waals surface area contributed by atoms with Gasteiger partial charge in [-0.1, -0.05) is 16.8 Å². The van der Waals surface area contributed by atoms with E-state index in [1.54, 1.807) is 0 Å². The number of aromatic nitrogens is 2. The number of benzene rings is 1. The van der Waals surface area contributed by atoms with Gasteiger partial charge in [0.15, 0.2) is 12.4 Å². The number of rotatable bonds is 7. The van der Waals surface area contributed by atoms with Crippen LogP contribution in [0, 0.1) is 5.82 Å². The molecule has 1 aliphatic carbocycles. The molecule has 33 heavy (non-hydrogen) atoms. The van der Waals surface area contributed by atoms with Gasteiger partial charge in [0.1, 0.15) is 17.7 Å². The van der Waals surface area contributed by atoms with E-state index in [9.17, 15) is 22.4 Å². The average Bonchev–Trinajstić information content (AvgIpc) is 3.21. The average molecular weight is 494 g/mol. The van der Waals surface area contributed by atoms with E-state index in [4.69, 9.17) is 25.6 Å². The van der Waals surface area contributed by atoms with Crippen molar-refractivity contribution in [1.82, 2.24) is 15.5 Å². The molecule has 2 fully saturated rings. The Morgan fingerprint density at radius 2 is 2.06 bits per heavy atom. The summed E-state index contributed by atoms with van der Waals surface area (Å²) in [6, 6.07) is 3.63. The van der Waals surface area contributed by atoms with Crippen LogP contribution in [0.15, 0.2) is 22.7 Å². The second kappa shape index (κ2) is 9.82. The minimum absolute atomic E-state index is 0.0403. The molecule has 0 unspecified atom stereocenters. The highest BCUT2D eigenvalue weighted by Gasteiger charge is 2.42. The van der Waals surface area contributed by atoms with Crippen molar-refractivity contribution >= 4 is 17.5 Å². The van der Waals surface area contributed by atoms with E-state index in [-0.39, 0.29) is 54.7 Å². The zero-order valence-corrected chi connectivity index (χ0v) is 17.9. The molecule has 0 radical (unpaired) electrons. The standard InChI is InChI=1S/C20H20ClF4N3O5/c21-14-3-2-12(7-15(14)22)30-9-17(29)26-11-1-4-16(31-8-11)19-27-18(28-33-19)10-5-13(6-10)32-20(23,24)25/h2-3,7,10-11,13,16H,1,4-6,8-9H2,(H,26,29)/t10-,11-,13+,16+/m0/s1. The lowest BCUT2D eigenvalue weighted by Gasteiger charge is -2.33. The van der Waals surface area contributed by atoms with Gasteiger partial charge in [0.2, 0.25) is 0 Å². The van der Waals surface area contributed by atoms with Gasteiger partial charge in [0.25, 0.3) is 11.8 Å². The number of ether oxygens (including phenoxy) is 3. The highest BCUT2D eigenvalue weighted by atomic mass is 35.5. The fraction of sp³-hybridized carbons (Fsp3) is 0.550. The van der Waals surface area contributed by atoms with E-state index in [0.717, 1.165) is 6.07 Å². The second-order valence-electron chi connectivity index (χ2n) is 7.87. The van der Waals surface area contributed by atoms with Gasteiger partial charge >= 0.3 is 6.36 Å². The van der Waals surface area contributed by atoms with Gasteiger partial charge in [-0.25, -0.2) is 4.39 Å². The Hall–Kier alpha value is -2.44. The number of alkyl halides is 3. The fourth-order valence-electron chi connectivity index (χ4n) is 3.65. The second-order valence-corrected chi connectivity index (χ2v) is 8.28. The maximum absolute atomic E-state index is 13.4. The van der Waals surface area contributed by atoms with Gasteiger partial charge in [-0.05, 0) is 37.8 Å². The molecular weight excluding hydrogens is 474 g/mol. The third-order valence-corrected chi connectivity index (χ3v) is 5.70. The molecule has 1 saturated heterocycles. The predicted octanol–water partition coefficient (Wildman–Crippen LogP) is 4.06. The van der Waals surface area contributed by atoms with Crippen molar-refractivity contribution in [1.29, 1.82) is 0 Å². The van der Waals surface area contributed by atoms with Gasteiger partial charge in [-0.3, -0.25) is 9.53 Å². The summed E-state index contributed by atoms with van der Waals surface area (Å²) in [6.07, 6.45) is -4.59. The topological polar surface area (TPSA) is 95.7 Å². The molecule has 2 heterocycles. The van der Waals surface area contributed by atoms with E-state index in [1.807, 2.05) is 0 Å². The minimum atomic E-state index is -4.65. The van der Waals surface area contributed by atoms with Crippen molar-refractivity contribution in [3.63, 3.8) is 0 Å². The molecule has 1 amide bonds. The summed E-state index contributed by atoms with van der Waals surface area (Å²) in [5.74, 6) is -0.512. The molecule has 1 N–H and O–H groups in total. The van der Waals surface area contributed by atoms with Gasteiger partial charge in [0.05, 0.1) is 23.8 Å². The first-order valence-corrected chi connectivity index (χ1v) is 10.6. The minimum Gasteiger partial charge on any atom is -0.484 e. The van der Waals surface area contributed by atoms with Crippen LogP contribution in [0.25, 0.3) is 0 Å². The number of carbonyl (C=O) groups is 1. The molecule has 0 bridgehead atoms. The number of halogens is 5. The Morgan fingerprint density at radius 3 is 2.73 bits per heavy atom. The monoisotopic (exact) mass is 493 g/mol. The Morgan fingerprint density at radius 1 is 1.27 bits per heavy atom.